The predicted molar refractivity (Wildman–Crippen MR) is 110 cm³/mol. The van der Waals surface area contributed by atoms with Crippen LogP contribution >= 0.6 is 34.7 Å². The number of aromatic nitrogens is 1. The summed E-state index contributed by atoms with van der Waals surface area (Å²) in [7, 11) is -3.84. The summed E-state index contributed by atoms with van der Waals surface area (Å²) < 4.78 is 34.2. The van der Waals surface area contributed by atoms with Crippen molar-refractivity contribution in [2.75, 3.05) is 18.3 Å². The zero-order valence-electron chi connectivity index (χ0n) is 16.8. The number of nitrogens with zero attached hydrogens (tertiary/aromatic N) is 3. The molecule has 3 amide bonds. The van der Waals surface area contributed by atoms with Gasteiger partial charge in [0.1, 0.15) is 30.1 Å². The normalized spacial score (nSPS) is 18.8. The number of thioether (sulfide) groups is 1. The monoisotopic (exact) mass is 521 g/mol. The van der Waals surface area contributed by atoms with Gasteiger partial charge in [0.05, 0.1) is 0 Å². The van der Waals surface area contributed by atoms with Crippen molar-refractivity contribution in [3.63, 3.8) is 0 Å². The van der Waals surface area contributed by atoms with Gasteiger partial charge in [0, 0.05) is 10.6 Å². The fraction of sp³-hybridized carbons (Fsp3) is 0.500. The number of rotatable bonds is 9. The van der Waals surface area contributed by atoms with Gasteiger partial charge in [-0.3, -0.25) is 14.4 Å². The van der Waals surface area contributed by atoms with Crippen molar-refractivity contribution in [1.29, 1.82) is 0 Å². The molecule has 0 unspecified atom stereocenters. The first-order valence-corrected chi connectivity index (χ1v) is 11.9. The topological polar surface area (TPSA) is 170 Å². The molecule has 0 saturated carbocycles. The quantitative estimate of drug-likeness (QED) is 0.0854. The van der Waals surface area contributed by atoms with Crippen LogP contribution in [0.25, 0.3) is 0 Å². The molecule has 166 valence electrons. The molecular formula is C14H17ClN5NaO7S3. The summed E-state index contributed by atoms with van der Waals surface area (Å²) in [5, 5.41) is 8.71. The number of hydrogen-bond acceptors (Lipinski definition) is 11. The number of carbonyl (C=O) groups is 3. The van der Waals surface area contributed by atoms with Crippen LogP contribution in [0, 0.1) is 0 Å². The molecule has 0 radical (unpaired) electrons. The van der Waals surface area contributed by atoms with E-state index in [0.717, 1.165) is 23.1 Å². The number of oxime groups is 1. The molecule has 2 N–H and O–H groups in total. The molecule has 31 heavy (non-hydrogen) atoms. The molecule has 2 rings (SSSR count). The Labute approximate surface area is 213 Å². The molecule has 0 aliphatic carbocycles. The third-order valence-corrected chi connectivity index (χ3v) is 6.78. The first-order chi connectivity index (χ1) is 14.0. The van der Waals surface area contributed by atoms with Gasteiger partial charge in [0.25, 0.3) is 11.8 Å². The molecule has 1 saturated heterocycles. The molecule has 0 spiro atoms. The molecule has 0 aromatic carbocycles. The van der Waals surface area contributed by atoms with E-state index in [-0.39, 0.29) is 61.5 Å². The van der Waals surface area contributed by atoms with E-state index in [1.54, 1.807) is 13.8 Å². The van der Waals surface area contributed by atoms with E-state index in [4.69, 9.17) is 11.6 Å². The second-order valence-corrected chi connectivity index (χ2v) is 10.0. The van der Waals surface area contributed by atoms with E-state index in [9.17, 15) is 27.4 Å². The van der Waals surface area contributed by atoms with Crippen molar-refractivity contribution >= 4 is 73.6 Å². The molecule has 1 fully saturated rings. The van der Waals surface area contributed by atoms with Gasteiger partial charge in [-0.25, -0.2) is 17.7 Å². The van der Waals surface area contributed by atoms with Crippen LogP contribution < -0.4 is 40.2 Å². The Morgan fingerprint density at radius 2 is 2.13 bits per heavy atom. The molecule has 2 heterocycles. The van der Waals surface area contributed by atoms with Gasteiger partial charge in [-0.15, -0.1) is 34.7 Å². The number of halogens is 1. The molecular weight excluding hydrogens is 505 g/mol. The van der Waals surface area contributed by atoms with Gasteiger partial charge in [-0.2, -0.15) is 0 Å². The SMILES string of the molecule is CON=C(C(=O)N[C@@H]1C(=O)N(S(=O)(=O)[O-])[C@@H]1SC(C)C)c1csc(NC(=O)CCl)n1.[Na+]. The third-order valence-electron chi connectivity index (χ3n) is 3.45. The third kappa shape index (κ3) is 7.02. The van der Waals surface area contributed by atoms with Crippen molar-refractivity contribution in [2.45, 2.75) is 30.5 Å². The summed E-state index contributed by atoms with van der Waals surface area (Å²) in [5.74, 6) is -2.72. The molecule has 1 aliphatic heterocycles. The Morgan fingerprint density at radius 3 is 2.65 bits per heavy atom. The summed E-state index contributed by atoms with van der Waals surface area (Å²) >= 11 is 7.44. The average molecular weight is 522 g/mol. The minimum absolute atomic E-state index is 0. The Balaban J connectivity index is 0.00000480. The minimum Gasteiger partial charge on any atom is -0.731 e. The van der Waals surface area contributed by atoms with Gasteiger partial charge in [-0.1, -0.05) is 19.0 Å². The Bertz CT molecular complexity index is 971. The second kappa shape index (κ2) is 11.8. The summed E-state index contributed by atoms with van der Waals surface area (Å²) in [6, 6.07) is -1.26. The Kier molecular flexibility index (Phi) is 10.7. The molecule has 2 atom stereocenters. The van der Waals surface area contributed by atoms with Gasteiger partial charge in [-0.05, 0) is 0 Å². The van der Waals surface area contributed by atoms with Crippen molar-refractivity contribution in [2.24, 2.45) is 5.16 Å². The number of carbonyl (C=O) groups excluding carboxylic acids is 3. The summed E-state index contributed by atoms with van der Waals surface area (Å²) in [5.41, 5.74) is -0.276. The first-order valence-electron chi connectivity index (χ1n) is 8.17. The van der Waals surface area contributed by atoms with Crippen LogP contribution in [-0.2, 0) is 29.5 Å². The molecule has 12 nitrogen and oxygen atoms in total. The fourth-order valence-corrected chi connectivity index (χ4v) is 5.39. The van der Waals surface area contributed by atoms with Gasteiger partial charge >= 0.3 is 29.6 Å². The number of amides is 3. The van der Waals surface area contributed by atoms with E-state index in [0.29, 0.717) is 0 Å². The maximum atomic E-state index is 12.7. The largest absolute Gasteiger partial charge is 1.00 e. The van der Waals surface area contributed by atoms with Crippen LogP contribution in [0.15, 0.2) is 10.5 Å². The van der Waals surface area contributed by atoms with Gasteiger partial charge in [0.2, 0.25) is 5.91 Å². The zero-order chi connectivity index (χ0) is 22.6. The second-order valence-electron chi connectivity index (χ2n) is 5.96. The number of alkyl halides is 1. The summed E-state index contributed by atoms with van der Waals surface area (Å²) in [6.07, 6.45) is 0. The fourth-order valence-electron chi connectivity index (χ4n) is 2.32. The van der Waals surface area contributed by atoms with Gasteiger partial charge < -0.3 is 20.0 Å². The van der Waals surface area contributed by atoms with Crippen LogP contribution in [0.1, 0.15) is 19.5 Å². The van der Waals surface area contributed by atoms with Crippen molar-refractivity contribution in [3.05, 3.63) is 11.1 Å². The van der Waals surface area contributed by atoms with Crippen LogP contribution in [0.5, 0.6) is 0 Å². The van der Waals surface area contributed by atoms with Crippen molar-refractivity contribution in [3.8, 4) is 0 Å². The van der Waals surface area contributed by atoms with Crippen LogP contribution in [0.3, 0.4) is 0 Å². The minimum atomic E-state index is -5.03. The van der Waals surface area contributed by atoms with E-state index in [1.807, 2.05) is 0 Å². The Hall–Kier alpha value is -0.940. The molecule has 17 heteroatoms. The number of anilines is 1. The van der Waals surface area contributed by atoms with E-state index in [1.165, 1.54) is 12.5 Å². The standard InChI is InChI=1S/C14H18ClN5O7S3.Na/c1-6(2)29-13-10(12(23)20(13)30(24,25)26)18-11(22)9(19-27-3)7-5-28-14(16-7)17-8(21)4-15;/h5-6,10,13H,4H2,1-3H3,(H,18,22)(H,16,17,21)(H,24,25,26);/q;+1/p-1/t10-,13-;/m1./s1. The molecule has 1 aromatic rings. The average Bonchev–Trinajstić information content (AvgIpc) is 3.09. The molecule has 1 aliphatic rings. The van der Waals surface area contributed by atoms with E-state index >= 15 is 0 Å². The van der Waals surface area contributed by atoms with Crippen LogP contribution in [0.2, 0.25) is 0 Å². The number of hydrogen-bond donors (Lipinski definition) is 2. The van der Waals surface area contributed by atoms with Gasteiger partial charge in [0.15, 0.2) is 21.1 Å². The first kappa shape index (κ1) is 28.1. The van der Waals surface area contributed by atoms with Crippen LogP contribution in [0.4, 0.5) is 5.13 Å². The van der Waals surface area contributed by atoms with Crippen molar-refractivity contribution in [1.82, 2.24) is 14.6 Å². The van der Waals surface area contributed by atoms with Crippen LogP contribution in [-0.4, -0.2) is 75.3 Å². The molecule has 0 bridgehead atoms. The predicted octanol–water partition coefficient (Wildman–Crippen LogP) is -3.07. The smallest absolute Gasteiger partial charge is 0.731 e. The number of thiazole rings is 1. The number of nitrogens with one attached hydrogen (secondary N) is 2. The molecule has 1 aromatic heterocycles. The summed E-state index contributed by atoms with van der Waals surface area (Å²) in [6.45, 7) is 3.48. The van der Waals surface area contributed by atoms with E-state index in [2.05, 4.69) is 25.6 Å². The number of β-lactam (4-membered cyclic amide) rings is 1. The zero-order valence-corrected chi connectivity index (χ0v) is 22.0. The Morgan fingerprint density at radius 1 is 1.48 bits per heavy atom. The maximum absolute atomic E-state index is 12.7. The summed E-state index contributed by atoms with van der Waals surface area (Å²) in [4.78, 5) is 44.9. The maximum Gasteiger partial charge on any atom is 1.00 e. The van der Waals surface area contributed by atoms with Crippen molar-refractivity contribution < 1.29 is 61.7 Å². The van der Waals surface area contributed by atoms with E-state index < -0.39 is 39.4 Å².